The van der Waals surface area contributed by atoms with Gasteiger partial charge in [-0.05, 0) is 24.8 Å². The average Bonchev–Trinajstić information content (AvgIpc) is 3.52. The van der Waals surface area contributed by atoms with Crippen molar-refractivity contribution in [2.45, 2.75) is 38.6 Å². The van der Waals surface area contributed by atoms with Gasteiger partial charge in [0.2, 0.25) is 11.8 Å². The van der Waals surface area contributed by atoms with Crippen LogP contribution in [0.5, 0.6) is 0 Å². The molecule has 1 aromatic carbocycles. The van der Waals surface area contributed by atoms with Crippen molar-refractivity contribution in [1.82, 2.24) is 14.7 Å². The largest absolute Gasteiger partial charge is 0.342 e. The van der Waals surface area contributed by atoms with Gasteiger partial charge in [-0.3, -0.25) is 14.5 Å². The van der Waals surface area contributed by atoms with Gasteiger partial charge in [-0.15, -0.1) is 0 Å². The minimum absolute atomic E-state index is 0.0436. The van der Waals surface area contributed by atoms with Gasteiger partial charge in [-0.2, -0.15) is 0 Å². The predicted octanol–water partition coefficient (Wildman–Crippen LogP) is 2.37. The Labute approximate surface area is 162 Å². The molecule has 146 valence electrons. The van der Waals surface area contributed by atoms with Gasteiger partial charge in [0.05, 0.1) is 11.8 Å². The van der Waals surface area contributed by atoms with E-state index in [1.165, 1.54) is 18.4 Å². The van der Waals surface area contributed by atoms with Crippen molar-refractivity contribution in [3.63, 3.8) is 0 Å². The standard InChI is InChI=1S/C22H31N3O2/c26-21(24-10-6-1-2-7-11-24)19-16-20(19)22(27)25-14-12-23(13-15-25)17-18-8-4-3-5-9-18/h3-5,8-9,19-20H,1-2,6-7,10-17H2. The Kier molecular flexibility index (Phi) is 5.77. The molecular weight excluding hydrogens is 338 g/mol. The first kappa shape index (κ1) is 18.5. The Hall–Kier alpha value is -1.88. The van der Waals surface area contributed by atoms with E-state index in [2.05, 4.69) is 29.2 Å². The summed E-state index contributed by atoms with van der Waals surface area (Å²) in [6, 6.07) is 10.5. The summed E-state index contributed by atoms with van der Waals surface area (Å²) in [7, 11) is 0. The number of amides is 2. The summed E-state index contributed by atoms with van der Waals surface area (Å²) in [5.74, 6) is 0.347. The van der Waals surface area contributed by atoms with E-state index in [1.54, 1.807) is 0 Å². The van der Waals surface area contributed by atoms with Crippen LogP contribution >= 0.6 is 0 Å². The van der Waals surface area contributed by atoms with Crippen molar-refractivity contribution in [2.75, 3.05) is 39.3 Å². The van der Waals surface area contributed by atoms with E-state index in [9.17, 15) is 9.59 Å². The number of hydrogen-bond donors (Lipinski definition) is 0. The number of hydrogen-bond acceptors (Lipinski definition) is 3. The van der Waals surface area contributed by atoms with E-state index in [-0.39, 0.29) is 23.7 Å². The molecule has 0 bridgehead atoms. The molecule has 2 aliphatic heterocycles. The SMILES string of the molecule is O=C(C1CC1C(=O)N1CCN(Cc2ccccc2)CC1)N1CCCCCC1. The number of piperazine rings is 1. The molecular formula is C22H31N3O2. The van der Waals surface area contributed by atoms with Gasteiger partial charge in [-0.1, -0.05) is 43.2 Å². The summed E-state index contributed by atoms with van der Waals surface area (Å²) in [6.45, 7) is 6.11. The van der Waals surface area contributed by atoms with E-state index in [1.807, 2.05) is 15.9 Å². The second-order valence-corrected chi connectivity index (χ2v) is 8.28. The summed E-state index contributed by atoms with van der Waals surface area (Å²) < 4.78 is 0. The Balaban J connectivity index is 1.23. The molecule has 3 fully saturated rings. The maximum atomic E-state index is 12.8. The number of carbonyl (C=O) groups is 2. The molecule has 5 nitrogen and oxygen atoms in total. The number of likely N-dealkylation sites (tertiary alicyclic amines) is 1. The zero-order chi connectivity index (χ0) is 18.6. The number of rotatable bonds is 4. The minimum Gasteiger partial charge on any atom is -0.342 e. The third-order valence-corrected chi connectivity index (χ3v) is 6.28. The van der Waals surface area contributed by atoms with Crippen molar-refractivity contribution in [3.05, 3.63) is 35.9 Å². The second-order valence-electron chi connectivity index (χ2n) is 8.28. The van der Waals surface area contributed by atoms with Crippen molar-refractivity contribution in [1.29, 1.82) is 0 Å². The first-order valence-corrected chi connectivity index (χ1v) is 10.6. The molecule has 0 aromatic heterocycles. The third-order valence-electron chi connectivity index (χ3n) is 6.28. The lowest BCUT2D eigenvalue weighted by atomic mass is 10.2. The van der Waals surface area contributed by atoms with Crippen LogP contribution in [0.3, 0.4) is 0 Å². The summed E-state index contributed by atoms with van der Waals surface area (Å²) in [6.07, 6.45) is 5.44. The highest BCUT2D eigenvalue weighted by molar-refractivity contribution is 5.92. The highest BCUT2D eigenvalue weighted by Gasteiger charge is 2.50. The summed E-state index contributed by atoms with van der Waals surface area (Å²) >= 11 is 0. The fraction of sp³-hybridized carbons (Fsp3) is 0.636. The van der Waals surface area contributed by atoms with Crippen LogP contribution in [0.1, 0.15) is 37.7 Å². The van der Waals surface area contributed by atoms with E-state index in [4.69, 9.17) is 0 Å². The van der Waals surface area contributed by atoms with Crippen LogP contribution in [-0.4, -0.2) is 65.8 Å². The minimum atomic E-state index is -0.0542. The van der Waals surface area contributed by atoms with Crippen molar-refractivity contribution in [2.24, 2.45) is 11.8 Å². The van der Waals surface area contributed by atoms with Crippen LogP contribution in [0.2, 0.25) is 0 Å². The van der Waals surface area contributed by atoms with Crippen molar-refractivity contribution in [3.8, 4) is 0 Å². The topological polar surface area (TPSA) is 43.9 Å². The van der Waals surface area contributed by atoms with Crippen molar-refractivity contribution < 1.29 is 9.59 Å². The summed E-state index contributed by atoms with van der Waals surface area (Å²) in [4.78, 5) is 32.0. The number of nitrogens with zero attached hydrogens (tertiary/aromatic N) is 3. The second kappa shape index (κ2) is 8.42. The Morgan fingerprint density at radius 2 is 1.30 bits per heavy atom. The monoisotopic (exact) mass is 369 g/mol. The zero-order valence-corrected chi connectivity index (χ0v) is 16.2. The summed E-state index contributed by atoms with van der Waals surface area (Å²) in [5.41, 5.74) is 1.32. The van der Waals surface area contributed by atoms with Crippen LogP contribution in [-0.2, 0) is 16.1 Å². The molecule has 2 saturated heterocycles. The van der Waals surface area contributed by atoms with Crippen LogP contribution in [0.4, 0.5) is 0 Å². The van der Waals surface area contributed by atoms with Crippen LogP contribution in [0.25, 0.3) is 0 Å². The predicted molar refractivity (Wildman–Crippen MR) is 105 cm³/mol. The lowest BCUT2D eigenvalue weighted by Gasteiger charge is -2.35. The first-order valence-electron chi connectivity index (χ1n) is 10.6. The Bertz CT molecular complexity index is 647. The van der Waals surface area contributed by atoms with E-state index in [0.29, 0.717) is 0 Å². The van der Waals surface area contributed by atoms with Gasteiger partial charge >= 0.3 is 0 Å². The normalized spacial score (nSPS) is 26.5. The molecule has 2 amide bonds. The molecule has 0 N–H and O–H groups in total. The maximum Gasteiger partial charge on any atom is 0.226 e. The highest BCUT2D eigenvalue weighted by Crippen LogP contribution is 2.42. The zero-order valence-electron chi connectivity index (χ0n) is 16.2. The number of carbonyl (C=O) groups excluding carboxylic acids is 2. The molecule has 2 heterocycles. The lowest BCUT2D eigenvalue weighted by Crippen LogP contribution is -2.49. The van der Waals surface area contributed by atoms with Gasteiger partial charge in [0.1, 0.15) is 0 Å². The molecule has 1 aliphatic carbocycles. The smallest absolute Gasteiger partial charge is 0.226 e. The molecule has 2 atom stereocenters. The molecule has 3 aliphatic rings. The summed E-state index contributed by atoms with van der Waals surface area (Å²) in [5, 5.41) is 0. The van der Waals surface area contributed by atoms with Crippen LogP contribution < -0.4 is 0 Å². The molecule has 0 spiro atoms. The van der Waals surface area contributed by atoms with E-state index in [0.717, 1.165) is 65.1 Å². The third kappa shape index (κ3) is 4.52. The van der Waals surface area contributed by atoms with Crippen LogP contribution in [0, 0.1) is 11.8 Å². The fourth-order valence-corrected chi connectivity index (χ4v) is 4.47. The maximum absolute atomic E-state index is 12.8. The van der Waals surface area contributed by atoms with Gasteiger partial charge < -0.3 is 9.80 Å². The Morgan fingerprint density at radius 1 is 0.741 bits per heavy atom. The average molecular weight is 370 g/mol. The quantitative estimate of drug-likeness (QED) is 0.818. The molecule has 4 rings (SSSR count). The van der Waals surface area contributed by atoms with Crippen LogP contribution in [0.15, 0.2) is 30.3 Å². The first-order chi connectivity index (χ1) is 13.2. The lowest BCUT2D eigenvalue weighted by molar-refractivity contribution is -0.139. The molecule has 5 heteroatoms. The van der Waals surface area contributed by atoms with Gasteiger partial charge in [0.15, 0.2) is 0 Å². The van der Waals surface area contributed by atoms with Gasteiger partial charge in [-0.25, -0.2) is 0 Å². The van der Waals surface area contributed by atoms with Crippen molar-refractivity contribution >= 4 is 11.8 Å². The van der Waals surface area contributed by atoms with Gasteiger partial charge in [0.25, 0.3) is 0 Å². The molecule has 1 saturated carbocycles. The van der Waals surface area contributed by atoms with Gasteiger partial charge in [0, 0.05) is 45.8 Å². The Morgan fingerprint density at radius 3 is 1.89 bits per heavy atom. The molecule has 0 radical (unpaired) electrons. The molecule has 27 heavy (non-hydrogen) atoms. The molecule has 1 aromatic rings. The van der Waals surface area contributed by atoms with E-state index >= 15 is 0 Å². The fourth-order valence-electron chi connectivity index (χ4n) is 4.47. The highest BCUT2D eigenvalue weighted by atomic mass is 16.2. The number of benzene rings is 1. The molecule has 2 unspecified atom stereocenters. The van der Waals surface area contributed by atoms with E-state index < -0.39 is 0 Å².